The van der Waals surface area contributed by atoms with Gasteiger partial charge in [-0.25, -0.2) is 0 Å². The van der Waals surface area contributed by atoms with Gasteiger partial charge in [0.25, 0.3) is 0 Å². The Bertz CT molecular complexity index is 531. The molecule has 0 fully saturated rings. The molecule has 2 unspecified atom stereocenters. The first-order chi connectivity index (χ1) is 9.29. The Morgan fingerprint density at radius 2 is 2.32 bits per heavy atom. The molecule has 3 nitrogen and oxygen atoms in total. The van der Waals surface area contributed by atoms with E-state index in [4.69, 9.17) is 5.73 Å². The Morgan fingerprint density at radius 1 is 1.42 bits per heavy atom. The van der Waals surface area contributed by atoms with Crippen molar-refractivity contribution in [3.05, 3.63) is 51.5 Å². The first-order valence-electron chi connectivity index (χ1n) is 6.69. The number of hydrogen-bond acceptors (Lipinski definition) is 4. The van der Waals surface area contributed by atoms with Gasteiger partial charge in [0.1, 0.15) is 0 Å². The highest BCUT2D eigenvalue weighted by molar-refractivity contribution is 7.12. The third-order valence-corrected chi connectivity index (χ3v) is 5.11. The maximum atomic E-state index is 10.6. The molecule has 2 aromatic heterocycles. The minimum absolute atomic E-state index is 0.0764. The predicted octanol–water partition coefficient (Wildman–Crippen LogP) is 2.41. The first kappa shape index (κ1) is 12.8. The van der Waals surface area contributed by atoms with Gasteiger partial charge in [-0.3, -0.25) is 4.98 Å². The highest BCUT2D eigenvalue weighted by atomic mass is 32.1. The molecule has 19 heavy (non-hydrogen) atoms. The van der Waals surface area contributed by atoms with Crippen molar-refractivity contribution < 1.29 is 5.11 Å². The van der Waals surface area contributed by atoms with E-state index in [1.165, 1.54) is 16.9 Å². The van der Waals surface area contributed by atoms with Gasteiger partial charge in [0.2, 0.25) is 0 Å². The highest BCUT2D eigenvalue weighted by Crippen LogP contribution is 2.38. The molecule has 2 atom stereocenters. The minimum Gasteiger partial charge on any atom is -0.387 e. The number of hydrogen-bond donors (Lipinski definition) is 2. The Morgan fingerprint density at radius 3 is 3.00 bits per heavy atom. The van der Waals surface area contributed by atoms with Crippen LogP contribution in [0.2, 0.25) is 0 Å². The number of nitrogens with zero attached hydrogens (tertiary/aromatic N) is 1. The summed E-state index contributed by atoms with van der Waals surface area (Å²) in [5.41, 5.74) is 8.27. The SMILES string of the molecule is NCC(c1cccnc1)C(O)c1cc2c(s1)CCC2. The quantitative estimate of drug-likeness (QED) is 0.900. The number of rotatable bonds is 4. The lowest BCUT2D eigenvalue weighted by atomic mass is 9.93. The maximum Gasteiger partial charge on any atom is 0.0963 e. The van der Waals surface area contributed by atoms with Crippen LogP contribution in [0.3, 0.4) is 0 Å². The molecule has 4 heteroatoms. The standard InChI is InChI=1S/C15H18N2OS/c16-8-12(11-4-2-6-17-9-11)15(18)14-7-10-3-1-5-13(10)19-14/h2,4,6-7,9,12,15,18H,1,3,5,8,16H2. The van der Waals surface area contributed by atoms with E-state index in [2.05, 4.69) is 11.1 Å². The van der Waals surface area contributed by atoms with Gasteiger partial charge >= 0.3 is 0 Å². The molecule has 0 spiro atoms. The van der Waals surface area contributed by atoms with Gasteiger partial charge in [-0.1, -0.05) is 6.07 Å². The number of thiophene rings is 1. The molecule has 0 amide bonds. The van der Waals surface area contributed by atoms with E-state index < -0.39 is 6.10 Å². The molecule has 0 aromatic carbocycles. The van der Waals surface area contributed by atoms with Crippen LogP contribution < -0.4 is 5.73 Å². The fourth-order valence-corrected chi connectivity index (χ4v) is 4.05. The van der Waals surface area contributed by atoms with Crippen molar-refractivity contribution in [1.29, 1.82) is 0 Å². The maximum absolute atomic E-state index is 10.6. The van der Waals surface area contributed by atoms with E-state index in [-0.39, 0.29) is 5.92 Å². The number of aromatic nitrogens is 1. The molecule has 2 aromatic rings. The molecule has 0 aliphatic heterocycles. The number of aryl methyl sites for hydroxylation is 2. The fourth-order valence-electron chi connectivity index (χ4n) is 2.74. The van der Waals surface area contributed by atoms with Crippen molar-refractivity contribution >= 4 is 11.3 Å². The molecule has 3 N–H and O–H groups in total. The van der Waals surface area contributed by atoms with Gasteiger partial charge in [-0.2, -0.15) is 0 Å². The molecular formula is C15H18N2OS. The summed E-state index contributed by atoms with van der Waals surface area (Å²) < 4.78 is 0. The number of fused-ring (bicyclic) bond motifs is 1. The summed E-state index contributed by atoms with van der Waals surface area (Å²) in [5, 5.41) is 10.6. The van der Waals surface area contributed by atoms with E-state index in [1.807, 2.05) is 12.1 Å². The predicted molar refractivity (Wildman–Crippen MR) is 77.3 cm³/mol. The molecule has 1 aliphatic rings. The Balaban J connectivity index is 1.86. The normalized spacial score (nSPS) is 17.2. The number of aliphatic hydroxyl groups is 1. The largest absolute Gasteiger partial charge is 0.387 e. The summed E-state index contributed by atoms with van der Waals surface area (Å²) in [7, 11) is 0. The van der Waals surface area contributed by atoms with Gasteiger partial charge in [-0.15, -0.1) is 11.3 Å². The molecular weight excluding hydrogens is 256 g/mol. The Hall–Kier alpha value is -1.23. The number of aliphatic hydroxyl groups excluding tert-OH is 1. The lowest BCUT2D eigenvalue weighted by molar-refractivity contribution is 0.151. The summed E-state index contributed by atoms with van der Waals surface area (Å²) >= 11 is 1.74. The van der Waals surface area contributed by atoms with Crippen molar-refractivity contribution in [1.82, 2.24) is 4.98 Å². The average molecular weight is 274 g/mol. The van der Waals surface area contributed by atoms with Crippen LogP contribution in [-0.2, 0) is 12.8 Å². The topological polar surface area (TPSA) is 59.1 Å². The molecule has 1 aliphatic carbocycles. The van der Waals surface area contributed by atoms with Crippen LogP contribution in [0.4, 0.5) is 0 Å². The number of nitrogens with two attached hydrogens (primary N) is 1. The Labute approximate surface area is 117 Å². The van der Waals surface area contributed by atoms with Gasteiger partial charge in [-0.05, 0) is 42.5 Å². The van der Waals surface area contributed by atoms with Crippen LogP contribution in [0.5, 0.6) is 0 Å². The van der Waals surface area contributed by atoms with Crippen LogP contribution in [0, 0.1) is 0 Å². The zero-order chi connectivity index (χ0) is 13.2. The zero-order valence-corrected chi connectivity index (χ0v) is 11.6. The van der Waals surface area contributed by atoms with Crippen LogP contribution >= 0.6 is 11.3 Å². The van der Waals surface area contributed by atoms with Crippen LogP contribution in [0.1, 0.15) is 39.3 Å². The molecule has 0 saturated heterocycles. The molecule has 0 saturated carbocycles. The van der Waals surface area contributed by atoms with E-state index in [0.29, 0.717) is 6.54 Å². The van der Waals surface area contributed by atoms with E-state index in [0.717, 1.165) is 23.3 Å². The van der Waals surface area contributed by atoms with E-state index in [1.54, 1.807) is 23.7 Å². The molecule has 100 valence electrons. The lowest BCUT2D eigenvalue weighted by Crippen LogP contribution is -2.19. The second-order valence-electron chi connectivity index (χ2n) is 5.02. The second-order valence-corrected chi connectivity index (χ2v) is 6.19. The summed E-state index contributed by atoms with van der Waals surface area (Å²) in [6, 6.07) is 6.03. The van der Waals surface area contributed by atoms with Crippen LogP contribution in [0.15, 0.2) is 30.6 Å². The fraction of sp³-hybridized carbons (Fsp3) is 0.400. The third kappa shape index (κ3) is 2.43. The lowest BCUT2D eigenvalue weighted by Gasteiger charge is -2.20. The van der Waals surface area contributed by atoms with Crippen molar-refractivity contribution in [3.8, 4) is 0 Å². The molecule has 2 heterocycles. The monoisotopic (exact) mass is 274 g/mol. The van der Waals surface area contributed by atoms with Crippen LogP contribution in [0.25, 0.3) is 0 Å². The van der Waals surface area contributed by atoms with Crippen LogP contribution in [-0.4, -0.2) is 16.6 Å². The Kier molecular flexibility index (Phi) is 3.64. The first-order valence-corrected chi connectivity index (χ1v) is 7.50. The van der Waals surface area contributed by atoms with Gasteiger partial charge < -0.3 is 10.8 Å². The summed E-state index contributed by atoms with van der Waals surface area (Å²) in [6.07, 6.45) is 6.57. The second kappa shape index (κ2) is 5.41. The van der Waals surface area contributed by atoms with Gasteiger partial charge in [0.15, 0.2) is 0 Å². The van der Waals surface area contributed by atoms with Crippen molar-refractivity contribution in [2.24, 2.45) is 5.73 Å². The van der Waals surface area contributed by atoms with Crippen molar-refractivity contribution in [2.45, 2.75) is 31.3 Å². The number of pyridine rings is 1. The molecule has 0 bridgehead atoms. The van der Waals surface area contributed by atoms with Gasteiger partial charge in [0, 0.05) is 34.6 Å². The molecule has 0 radical (unpaired) electrons. The van der Waals surface area contributed by atoms with Crippen molar-refractivity contribution in [3.63, 3.8) is 0 Å². The van der Waals surface area contributed by atoms with E-state index in [9.17, 15) is 5.11 Å². The average Bonchev–Trinajstić information content (AvgIpc) is 3.01. The third-order valence-electron chi connectivity index (χ3n) is 3.80. The van der Waals surface area contributed by atoms with Crippen molar-refractivity contribution in [2.75, 3.05) is 6.54 Å². The zero-order valence-electron chi connectivity index (χ0n) is 10.7. The molecule has 3 rings (SSSR count). The van der Waals surface area contributed by atoms with Gasteiger partial charge in [0.05, 0.1) is 6.10 Å². The summed E-state index contributed by atoms with van der Waals surface area (Å²) in [5.74, 6) is -0.0764. The summed E-state index contributed by atoms with van der Waals surface area (Å²) in [4.78, 5) is 6.60. The highest BCUT2D eigenvalue weighted by Gasteiger charge is 2.25. The summed E-state index contributed by atoms with van der Waals surface area (Å²) in [6.45, 7) is 0.426. The minimum atomic E-state index is -0.523. The van der Waals surface area contributed by atoms with E-state index >= 15 is 0 Å². The smallest absolute Gasteiger partial charge is 0.0963 e.